The second-order valence-corrected chi connectivity index (χ2v) is 2.27. The molecule has 4 heteroatoms. The van der Waals surface area contributed by atoms with Crippen molar-refractivity contribution >= 4 is 11.0 Å². The van der Waals surface area contributed by atoms with E-state index in [0.29, 0.717) is 0 Å². The van der Waals surface area contributed by atoms with Crippen LogP contribution in [0.4, 0.5) is 0 Å². The molecule has 0 spiro atoms. The first-order chi connectivity index (χ1) is 4.88. The van der Waals surface area contributed by atoms with E-state index in [0.717, 1.165) is 16.6 Å². The molecular formula is C7H8N3Na. The second kappa shape index (κ2) is 3.34. The van der Waals surface area contributed by atoms with E-state index in [2.05, 4.69) is 15.4 Å². The van der Waals surface area contributed by atoms with Crippen molar-refractivity contribution in [3.8, 4) is 0 Å². The molecule has 0 saturated heterocycles. The Kier molecular flexibility index (Phi) is 2.65. The molecule has 3 nitrogen and oxygen atoms in total. The minimum Gasteiger partial charge on any atom is -1.00 e. The van der Waals surface area contributed by atoms with Gasteiger partial charge >= 0.3 is 29.6 Å². The van der Waals surface area contributed by atoms with Crippen LogP contribution < -0.4 is 29.6 Å². The van der Waals surface area contributed by atoms with Crippen LogP contribution in [0.25, 0.3) is 11.0 Å². The SMILES string of the molecule is Cc1cccc2n[nH]nc12.[H-].[Na+]. The number of para-hydroxylation sites is 1. The number of fused-ring (bicyclic) bond motifs is 1. The van der Waals surface area contributed by atoms with E-state index < -0.39 is 0 Å². The Morgan fingerprint density at radius 2 is 2.18 bits per heavy atom. The number of aromatic nitrogens is 3. The zero-order chi connectivity index (χ0) is 6.97. The summed E-state index contributed by atoms with van der Waals surface area (Å²) in [5.74, 6) is 0. The Hall–Kier alpha value is -0.380. The monoisotopic (exact) mass is 157 g/mol. The van der Waals surface area contributed by atoms with Crippen molar-refractivity contribution in [3.63, 3.8) is 0 Å². The van der Waals surface area contributed by atoms with E-state index in [4.69, 9.17) is 0 Å². The van der Waals surface area contributed by atoms with Crippen LogP contribution in [0.15, 0.2) is 18.2 Å². The maximum atomic E-state index is 3.98. The quantitative estimate of drug-likeness (QED) is 0.467. The zero-order valence-corrected chi connectivity index (χ0v) is 8.63. The van der Waals surface area contributed by atoms with Crippen LogP contribution in [0.1, 0.15) is 6.99 Å². The molecule has 0 aliphatic carbocycles. The van der Waals surface area contributed by atoms with Gasteiger partial charge in [-0.05, 0) is 18.6 Å². The van der Waals surface area contributed by atoms with Gasteiger partial charge in [-0.2, -0.15) is 15.4 Å². The van der Waals surface area contributed by atoms with Gasteiger partial charge in [0, 0.05) is 0 Å². The largest absolute Gasteiger partial charge is 1.00 e. The van der Waals surface area contributed by atoms with Gasteiger partial charge in [0.05, 0.1) is 0 Å². The topological polar surface area (TPSA) is 41.6 Å². The normalized spacial score (nSPS) is 9.55. The van der Waals surface area contributed by atoms with Crippen molar-refractivity contribution in [2.24, 2.45) is 0 Å². The summed E-state index contributed by atoms with van der Waals surface area (Å²) >= 11 is 0. The molecule has 1 N–H and O–H groups in total. The minimum absolute atomic E-state index is 0. The number of rotatable bonds is 0. The summed E-state index contributed by atoms with van der Waals surface area (Å²) in [7, 11) is 0. The van der Waals surface area contributed by atoms with Crippen molar-refractivity contribution < 1.29 is 31.0 Å². The van der Waals surface area contributed by atoms with E-state index in [1.54, 1.807) is 0 Å². The molecule has 0 bridgehead atoms. The molecule has 0 fully saturated rings. The van der Waals surface area contributed by atoms with Crippen LogP contribution in [-0.4, -0.2) is 15.4 Å². The number of benzene rings is 1. The number of hydrogen-bond acceptors (Lipinski definition) is 2. The average molecular weight is 157 g/mol. The van der Waals surface area contributed by atoms with Gasteiger partial charge in [0.15, 0.2) is 0 Å². The minimum atomic E-state index is 0. The third-order valence-electron chi connectivity index (χ3n) is 1.55. The molecule has 0 aliphatic rings. The fourth-order valence-electron chi connectivity index (χ4n) is 1.01. The predicted octanol–water partition coefficient (Wildman–Crippen LogP) is -1.62. The van der Waals surface area contributed by atoms with Gasteiger partial charge in [-0.3, -0.25) is 0 Å². The summed E-state index contributed by atoms with van der Waals surface area (Å²) < 4.78 is 0. The molecule has 0 aliphatic heterocycles. The predicted molar refractivity (Wildman–Crippen MR) is 39.7 cm³/mol. The summed E-state index contributed by atoms with van der Waals surface area (Å²) in [5.41, 5.74) is 3.05. The second-order valence-electron chi connectivity index (χ2n) is 2.27. The average Bonchev–Trinajstić information content (AvgIpc) is 2.36. The zero-order valence-electron chi connectivity index (χ0n) is 7.63. The van der Waals surface area contributed by atoms with E-state index in [9.17, 15) is 0 Å². The van der Waals surface area contributed by atoms with Gasteiger partial charge in [-0.15, -0.1) is 0 Å². The van der Waals surface area contributed by atoms with Crippen molar-refractivity contribution in [3.05, 3.63) is 23.8 Å². The number of nitrogens with one attached hydrogen (secondary N) is 1. The van der Waals surface area contributed by atoms with Crippen molar-refractivity contribution in [2.45, 2.75) is 6.92 Å². The first kappa shape index (κ1) is 8.71. The van der Waals surface area contributed by atoms with Gasteiger partial charge in [0.25, 0.3) is 0 Å². The van der Waals surface area contributed by atoms with Gasteiger partial charge < -0.3 is 1.43 Å². The molecule has 2 rings (SSSR count). The Morgan fingerprint density at radius 3 is 2.91 bits per heavy atom. The van der Waals surface area contributed by atoms with Crippen LogP contribution >= 0.6 is 0 Å². The molecule has 2 aromatic rings. The van der Waals surface area contributed by atoms with E-state index >= 15 is 0 Å². The van der Waals surface area contributed by atoms with Crippen molar-refractivity contribution in [1.82, 2.24) is 15.4 Å². The Bertz CT molecular complexity index is 360. The fraction of sp³-hybridized carbons (Fsp3) is 0.143. The molecule has 52 valence electrons. The summed E-state index contributed by atoms with van der Waals surface area (Å²) in [6, 6.07) is 5.93. The molecule has 11 heavy (non-hydrogen) atoms. The fourth-order valence-corrected chi connectivity index (χ4v) is 1.01. The molecule has 0 atom stereocenters. The first-order valence-electron chi connectivity index (χ1n) is 3.14. The van der Waals surface area contributed by atoms with E-state index in [1.165, 1.54) is 0 Å². The molecule has 1 heterocycles. The van der Waals surface area contributed by atoms with E-state index in [-0.39, 0.29) is 31.0 Å². The van der Waals surface area contributed by atoms with Crippen LogP contribution in [0.3, 0.4) is 0 Å². The number of hydrogen-bond donors (Lipinski definition) is 1. The molecule has 0 saturated carbocycles. The smallest absolute Gasteiger partial charge is 1.00 e. The maximum absolute atomic E-state index is 3.98. The van der Waals surface area contributed by atoms with E-state index in [1.807, 2.05) is 25.1 Å². The molecule has 0 amide bonds. The van der Waals surface area contributed by atoms with Crippen LogP contribution in [0.2, 0.25) is 0 Å². The summed E-state index contributed by atoms with van der Waals surface area (Å²) in [5, 5.41) is 10.5. The third kappa shape index (κ3) is 1.45. The number of aryl methyl sites for hydroxylation is 1. The van der Waals surface area contributed by atoms with Gasteiger partial charge in [0.2, 0.25) is 0 Å². The number of nitrogens with zero attached hydrogens (tertiary/aromatic N) is 2. The maximum Gasteiger partial charge on any atom is 1.00 e. The molecule has 1 aromatic carbocycles. The van der Waals surface area contributed by atoms with Crippen molar-refractivity contribution in [1.29, 1.82) is 0 Å². The standard InChI is InChI=1S/C7H7N3.Na.H/c1-5-3-2-4-6-7(5)9-10-8-6;;/h2-4H,1H3,(H,8,9,10);;/q;+1;-1. The summed E-state index contributed by atoms with van der Waals surface area (Å²) in [6.45, 7) is 2.02. The van der Waals surface area contributed by atoms with Crippen LogP contribution in [0.5, 0.6) is 0 Å². The summed E-state index contributed by atoms with van der Waals surface area (Å²) in [6.07, 6.45) is 0. The Balaban J connectivity index is 0.000000605. The third-order valence-corrected chi connectivity index (χ3v) is 1.55. The van der Waals surface area contributed by atoms with Crippen LogP contribution in [-0.2, 0) is 0 Å². The van der Waals surface area contributed by atoms with Crippen LogP contribution in [0, 0.1) is 6.92 Å². The number of aromatic amines is 1. The van der Waals surface area contributed by atoms with Gasteiger partial charge in [-0.25, -0.2) is 0 Å². The molecule has 0 unspecified atom stereocenters. The summed E-state index contributed by atoms with van der Waals surface area (Å²) in [4.78, 5) is 0. The first-order valence-corrected chi connectivity index (χ1v) is 3.14. The Morgan fingerprint density at radius 1 is 1.36 bits per heavy atom. The Labute approximate surface area is 88.0 Å². The number of H-pyrrole nitrogens is 1. The van der Waals surface area contributed by atoms with Gasteiger partial charge in [-0.1, -0.05) is 12.1 Å². The molecule has 1 aromatic heterocycles. The van der Waals surface area contributed by atoms with Crippen molar-refractivity contribution in [2.75, 3.05) is 0 Å². The molecular weight excluding hydrogens is 149 g/mol. The van der Waals surface area contributed by atoms with Gasteiger partial charge in [0.1, 0.15) is 11.0 Å². The molecule has 0 radical (unpaired) electrons.